The van der Waals surface area contributed by atoms with Crippen LogP contribution in [-0.4, -0.2) is 61.3 Å². The normalized spacial score (nSPS) is 19.7. The van der Waals surface area contributed by atoms with Crippen LogP contribution in [0.25, 0.3) is 10.9 Å². The van der Waals surface area contributed by atoms with Crippen LogP contribution in [0.3, 0.4) is 0 Å². The number of hydrogen-bond donors (Lipinski definition) is 1. The van der Waals surface area contributed by atoms with Crippen molar-refractivity contribution in [2.24, 2.45) is 0 Å². The first-order valence-electron chi connectivity index (χ1n) is 11.7. The van der Waals surface area contributed by atoms with Crippen LogP contribution in [0.5, 0.6) is 11.5 Å². The number of rotatable bonds is 8. The van der Waals surface area contributed by atoms with Crippen molar-refractivity contribution in [3.05, 3.63) is 47.5 Å². The number of halogens is 2. The fraction of sp³-hybridized carbons (Fsp3) is 0.364. The molecular weight excluding hydrogens is 423 g/mol. The van der Waals surface area contributed by atoms with Gasteiger partial charge in [-0.25, -0.2) is 14.4 Å². The lowest BCUT2D eigenvalue weighted by molar-refractivity contribution is 0.0357. The van der Waals surface area contributed by atoms with Crippen molar-refractivity contribution in [3.63, 3.8) is 0 Å². The predicted molar refractivity (Wildman–Crippen MR) is 118 cm³/mol. The predicted octanol–water partition coefficient (Wildman–Crippen LogP) is 4.28. The number of benzene rings is 2. The molecule has 1 N–H and O–H groups in total. The lowest BCUT2D eigenvalue weighted by Gasteiger charge is -2.26. The first-order valence-corrected chi connectivity index (χ1v) is 10.0. The summed E-state index contributed by atoms with van der Waals surface area (Å²) >= 11 is 5.89. The summed E-state index contributed by atoms with van der Waals surface area (Å²) in [5, 5.41) is 3.75. The molecular formula is C22H24ClFN4O3. The van der Waals surface area contributed by atoms with Crippen molar-refractivity contribution in [1.82, 2.24) is 14.9 Å². The van der Waals surface area contributed by atoms with Crippen molar-refractivity contribution < 1.29 is 24.1 Å². The highest BCUT2D eigenvalue weighted by molar-refractivity contribution is 6.31. The Morgan fingerprint density at radius 3 is 2.84 bits per heavy atom. The van der Waals surface area contributed by atoms with Crippen molar-refractivity contribution in [1.29, 1.82) is 0 Å². The minimum Gasteiger partial charge on any atom is -0.493 e. The standard InChI is InChI=1S/C22H24ClFN4O3/c1-29-20-13-19-16(12-21(20)31-8-2-5-28-6-9-30-10-7-28)22(26-14-25-19)27-15-3-4-18(24)17(23)11-15/h3-4,11-14H,2,5-10H2,1H3,(H,25,26,27)/i9D2,10D2. The molecule has 0 amide bonds. The Labute approximate surface area is 190 Å². The van der Waals surface area contributed by atoms with E-state index in [1.807, 2.05) is 0 Å². The maximum absolute atomic E-state index is 13.5. The van der Waals surface area contributed by atoms with Crippen LogP contribution in [0, 0.1) is 5.82 Å². The number of anilines is 2. The molecule has 31 heavy (non-hydrogen) atoms. The number of methoxy groups -OCH3 is 1. The van der Waals surface area contributed by atoms with Gasteiger partial charge < -0.3 is 19.5 Å². The van der Waals surface area contributed by atoms with Crippen molar-refractivity contribution >= 4 is 34.0 Å². The fourth-order valence-corrected chi connectivity index (χ4v) is 3.31. The molecule has 2 aromatic carbocycles. The molecule has 1 aliphatic heterocycles. The molecule has 1 aliphatic rings. The summed E-state index contributed by atoms with van der Waals surface area (Å²) in [6.45, 7) is -3.43. The van der Waals surface area contributed by atoms with E-state index in [0.29, 0.717) is 46.9 Å². The minimum atomic E-state index is -2.05. The first-order chi connectivity index (χ1) is 16.5. The van der Waals surface area contributed by atoms with E-state index in [9.17, 15) is 4.39 Å². The Morgan fingerprint density at radius 1 is 1.23 bits per heavy atom. The molecule has 9 heteroatoms. The van der Waals surface area contributed by atoms with Crippen molar-refractivity contribution in [2.45, 2.75) is 6.42 Å². The van der Waals surface area contributed by atoms with Gasteiger partial charge in [0.25, 0.3) is 0 Å². The molecule has 0 bridgehead atoms. The number of morpholine rings is 1. The highest BCUT2D eigenvalue weighted by atomic mass is 35.5. The van der Waals surface area contributed by atoms with Crippen LogP contribution >= 0.6 is 11.6 Å². The van der Waals surface area contributed by atoms with Crippen molar-refractivity contribution in [2.75, 3.05) is 51.8 Å². The molecule has 1 saturated heterocycles. The maximum Gasteiger partial charge on any atom is 0.162 e. The second-order valence-corrected chi connectivity index (χ2v) is 7.21. The van der Waals surface area contributed by atoms with Crippen LogP contribution in [0.1, 0.15) is 11.9 Å². The zero-order valence-electron chi connectivity index (χ0n) is 20.8. The smallest absolute Gasteiger partial charge is 0.162 e. The molecule has 0 aliphatic carbocycles. The summed E-state index contributed by atoms with van der Waals surface area (Å²) in [7, 11) is 1.52. The molecule has 0 spiro atoms. The third-order valence-corrected chi connectivity index (χ3v) is 4.99. The van der Waals surface area contributed by atoms with E-state index in [-0.39, 0.29) is 24.7 Å². The number of aromatic nitrogens is 2. The average molecular weight is 451 g/mol. The average Bonchev–Trinajstić information content (AvgIpc) is 2.77. The van der Waals surface area contributed by atoms with E-state index < -0.39 is 18.9 Å². The second-order valence-electron chi connectivity index (χ2n) is 6.80. The summed E-state index contributed by atoms with van der Waals surface area (Å²) in [6, 6.07) is 7.74. The topological polar surface area (TPSA) is 68.7 Å². The molecule has 164 valence electrons. The van der Waals surface area contributed by atoms with Crippen LogP contribution in [0.15, 0.2) is 36.7 Å². The Bertz CT molecular complexity index is 1200. The van der Waals surface area contributed by atoms with Gasteiger partial charge in [-0.05, 0) is 30.7 Å². The lowest BCUT2D eigenvalue weighted by atomic mass is 10.2. The summed E-state index contributed by atoms with van der Waals surface area (Å²) in [5.41, 5.74) is 1.16. The van der Waals surface area contributed by atoms with Crippen LogP contribution < -0.4 is 14.8 Å². The Hall–Kier alpha value is -2.68. The van der Waals surface area contributed by atoms with E-state index in [4.69, 9.17) is 31.3 Å². The zero-order chi connectivity index (χ0) is 25.2. The highest BCUT2D eigenvalue weighted by Crippen LogP contribution is 2.35. The zero-order valence-corrected chi connectivity index (χ0v) is 17.6. The lowest BCUT2D eigenvalue weighted by Crippen LogP contribution is -2.37. The van der Waals surface area contributed by atoms with Crippen LogP contribution in [0.2, 0.25) is 5.02 Å². The quantitative estimate of drug-likeness (QED) is 0.514. The number of nitrogens with zero attached hydrogens (tertiary/aromatic N) is 3. The van der Waals surface area contributed by atoms with Gasteiger partial charge in [0.05, 0.1) is 42.9 Å². The SMILES string of the molecule is [2H]C1([2H])CN(CCCOc2cc3c(Nc4ccc(F)c(Cl)c4)ncnc3cc2OC)CC([2H])([2H])O1. The summed E-state index contributed by atoms with van der Waals surface area (Å²) < 4.78 is 60.7. The van der Waals surface area contributed by atoms with Gasteiger partial charge in [0, 0.05) is 36.8 Å². The third kappa shape index (κ3) is 5.33. The number of ether oxygens (including phenoxy) is 3. The summed E-state index contributed by atoms with van der Waals surface area (Å²) in [5.74, 6) is 0.895. The Kier molecular flexibility index (Phi) is 5.51. The van der Waals surface area contributed by atoms with Gasteiger partial charge in [-0.1, -0.05) is 11.6 Å². The molecule has 0 unspecified atom stereocenters. The largest absolute Gasteiger partial charge is 0.493 e. The maximum atomic E-state index is 13.5. The molecule has 2 heterocycles. The minimum absolute atomic E-state index is 0.0135. The van der Waals surface area contributed by atoms with Gasteiger partial charge >= 0.3 is 0 Å². The number of nitrogens with one attached hydrogen (secondary N) is 1. The van der Waals surface area contributed by atoms with Crippen molar-refractivity contribution in [3.8, 4) is 11.5 Å². The van der Waals surface area contributed by atoms with E-state index in [2.05, 4.69) is 15.3 Å². The molecule has 1 fully saturated rings. The molecule has 0 radical (unpaired) electrons. The molecule has 4 rings (SSSR count). The van der Waals surface area contributed by atoms with Crippen LogP contribution in [0.4, 0.5) is 15.9 Å². The Morgan fingerprint density at radius 2 is 2.06 bits per heavy atom. The van der Waals surface area contributed by atoms with Gasteiger partial charge in [-0.15, -0.1) is 0 Å². The summed E-state index contributed by atoms with van der Waals surface area (Å²) in [6.07, 6.45) is 1.92. The molecule has 0 saturated carbocycles. The monoisotopic (exact) mass is 450 g/mol. The molecule has 1 aromatic heterocycles. The van der Waals surface area contributed by atoms with Gasteiger partial charge in [-0.2, -0.15) is 0 Å². The van der Waals surface area contributed by atoms with E-state index in [1.54, 1.807) is 23.1 Å². The number of fused-ring (bicyclic) bond motifs is 1. The van der Waals surface area contributed by atoms with Gasteiger partial charge in [-0.3, -0.25) is 4.90 Å². The van der Waals surface area contributed by atoms with E-state index >= 15 is 0 Å². The van der Waals surface area contributed by atoms with E-state index in [0.717, 1.165) is 0 Å². The molecule has 7 nitrogen and oxygen atoms in total. The number of hydrogen-bond acceptors (Lipinski definition) is 7. The van der Waals surface area contributed by atoms with Gasteiger partial charge in [0.1, 0.15) is 18.0 Å². The highest BCUT2D eigenvalue weighted by Gasteiger charge is 2.14. The second kappa shape index (κ2) is 10.1. The van der Waals surface area contributed by atoms with Gasteiger partial charge in [0.15, 0.2) is 11.5 Å². The van der Waals surface area contributed by atoms with E-state index in [1.165, 1.54) is 25.6 Å². The molecule has 0 atom stereocenters. The molecule has 3 aromatic rings. The summed E-state index contributed by atoms with van der Waals surface area (Å²) in [4.78, 5) is 10.3. The first kappa shape index (κ1) is 16.9. The van der Waals surface area contributed by atoms with Crippen LogP contribution in [-0.2, 0) is 4.74 Å². The Balaban J connectivity index is 1.47. The van der Waals surface area contributed by atoms with Gasteiger partial charge in [0.2, 0.25) is 0 Å². The third-order valence-electron chi connectivity index (χ3n) is 4.70. The fourth-order valence-electron chi connectivity index (χ4n) is 3.13.